The predicted molar refractivity (Wildman–Crippen MR) is 107 cm³/mol. The zero-order chi connectivity index (χ0) is 19.4. The van der Waals surface area contributed by atoms with Crippen LogP contribution in [-0.4, -0.2) is 28.8 Å². The molecule has 1 saturated carbocycles. The summed E-state index contributed by atoms with van der Waals surface area (Å²) in [6, 6.07) is 12.1. The van der Waals surface area contributed by atoms with E-state index in [1.54, 1.807) is 0 Å². The second kappa shape index (κ2) is 8.26. The van der Waals surface area contributed by atoms with Gasteiger partial charge in [-0.15, -0.1) is 0 Å². The van der Waals surface area contributed by atoms with Crippen molar-refractivity contribution in [3.05, 3.63) is 53.3 Å². The molecule has 146 valence electrons. The van der Waals surface area contributed by atoms with E-state index >= 15 is 0 Å². The van der Waals surface area contributed by atoms with E-state index < -0.39 is 0 Å². The highest BCUT2D eigenvalue weighted by molar-refractivity contribution is 5.92. The quantitative estimate of drug-likeness (QED) is 0.701. The first-order valence-electron chi connectivity index (χ1n) is 9.91. The van der Waals surface area contributed by atoms with Crippen molar-refractivity contribution in [3.63, 3.8) is 0 Å². The second-order valence-corrected chi connectivity index (χ2v) is 8.34. The molecule has 1 unspecified atom stereocenters. The molecule has 0 bridgehead atoms. The Morgan fingerprint density at radius 1 is 1.30 bits per heavy atom. The summed E-state index contributed by atoms with van der Waals surface area (Å²) in [5.74, 6) is 0.480. The van der Waals surface area contributed by atoms with Crippen molar-refractivity contribution < 1.29 is 9.53 Å². The number of hydrogen-bond acceptors (Lipinski definition) is 3. The number of amides is 1. The average Bonchev–Trinajstić information content (AvgIpc) is 3.38. The van der Waals surface area contributed by atoms with Gasteiger partial charge >= 0.3 is 0 Å². The second-order valence-electron chi connectivity index (χ2n) is 8.34. The minimum atomic E-state index is -0.214. The molecule has 1 fully saturated rings. The Balaban J connectivity index is 1.48. The van der Waals surface area contributed by atoms with E-state index in [0.717, 1.165) is 12.1 Å². The molecule has 0 saturated heterocycles. The Kier molecular flexibility index (Phi) is 6.00. The van der Waals surface area contributed by atoms with Crippen molar-refractivity contribution >= 4 is 5.91 Å². The summed E-state index contributed by atoms with van der Waals surface area (Å²) in [7, 11) is 0. The molecule has 0 radical (unpaired) electrons. The van der Waals surface area contributed by atoms with Gasteiger partial charge in [-0.1, -0.05) is 30.3 Å². The smallest absolute Gasteiger partial charge is 0.269 e. The lowest BCUT2D eigenvalue weighted by Gasteiger charge is -2.22. The van der Waals surface area contributed by atoms with Crippen LogP contribution >= 0.6 is 0 Å². The lowest BCUT2D eigenvalue weighted by molar-refractivity contribution is 0.0634. The number of rotatable bonds is 8. The van der Waals surface area contributed by atoms with Gasteiger partial charge in [-0.2, -0.15) is 5.10 Å². The highest BCUT2D eigenvalue weighted by Gasteiger charge is 2.31. The van der Waals surface area contributed by atoms with Gasteiger partial charge in [0.15, 0.2) is 0 Å². The monoisotopic (exact) mass is 369 g/mol. The molecular weight excluding hydrogens is 338 g/mol. The summed E-state index contributed by atoms with van der Waals surface area (Å²) in [4.78, 5) is 12.7. The third kappa shape index (κ3) is 5.19. The van der Waals surface area contributed by atoms with E-state index in [1.807, 2.05) is 28.9 Å². The molecule has 1 N–H and O–H groups in total. The van der Waals surface area contributed by atoms with Crippen LogP contribution in [0, 0.1) is 0 Å². The third-order valence-electron chi connectivity index (χ3n) is 4.84. The average molecular weight is 370 g/mol. The van der Waals surface area contributed by atoms with Gasteiger partial charge in [-0.05, 0) is 58.6 Å². The van der Waals surface area contributed by atoms with Gasteiger partial charge in [0.05, 0.1) is 17.3 Å². The van der Waals surface area contributed by atoms with Gasteiger partial charge < -0.3 is 10.1 Å². The Bertz CT molecular complexity index is 758. The summed E-state index contributed by atoms with van der Waals surface area (Å²) in [5.41, 5.74) is 2.66. The molecule has 1 aliphatic rings. The summed E-state index contributed by atoms with van der Waals surface area (Å²) in [6.07, 6.45) is 3.20. The minimum absolute atomic E-state index is 0.0552. The molecule has 1 aromatic carbocycles. The highest BCUT2D eigenvalue weighted by Crippen LogP contribution is 2.40. The highest BCUT2D eigenvalue weighted by atomic mass is 16.5. The van der Waals surface area contributed by atoms with Crippen molar-refractivity contribution in [1.29, 1.82) is 0 Å². The zero-order valence-corrected chi connectivity index (χ0v) is 16.9. The van der Waals surface area contributed by atoms with Crippen LogP contribution in [0.5, 0.6) is 0 Å². The van der Waals surface area contributed by atoms with Gasteiger partial charge in [-0.3, -0.25) is 9.48 Å². The first-order valence-corrected chi connectivity index (χ1v) is 9.91. The molecule has 1 atom stereocenters. The molecule has 2 aromatic rings. The summed E-state index contributed by atoms with van der Waals surface area (Å²) < 4.78 is 7.73. The van der Waals surface area contributed by atoms with E-state index in [2.05, 4.69) is 45.1 Å². The number of carbonyl (C=O) groups excluding carboxylic acids is 1. The first kappa shape index (κ1) is 19.6. The molecule has 0 aliphatic heterocycles. The topological polar surface area (TPSA) is 56.1 Å². The summed E-state index contributed by atoms with van der Waals surface area (Å²) in [6.45, 7) is 9.48. The molecule has 3 rings (SSSR count). The summed E-state index contributed by atoms with van der Waals surface area (Å²) in [5, 5.41) is 7.71. The maximum absolute atomic E-state index is 12.7. The Morgan fingerprint density at radius 3 is 2.63 bits per heavy atom. The van der Waals surface area contributed by atoms with Gasteiger partial charge in [-0.25, -0.2) is 0 Å². The normalized spacial score (nSPS) is 15.6. The molecule has 1 aliphatic carbocycles. The molecule has 1 heterocycles. The molecule has 0 spiro atoms. The summed E-state index contributed by atoms with van der Waals surface area (Å²) >= 11 is 0. The fourth-order valence-electron chi connectivity index (χ4n) is 3.10. The van der Waals surface area contributed by atoms with Crippen molar-refractivity contribution in [3.8, 4) is 0 Å². The molecule has 1 amide bonds. The fraction of sp³-hybridized carbons (Fsp3) is 0.545. The molecule has 5 nitrogen and oxygen atoms in total. The maximum Gasteiger partial charge on any atom is 0.269 e. The zero-order valence-electron chi connectivity index (χ0n) is 16.9. The number of hydrogen-bond donors (Lipinski definition) is 1. The largest absolute Gasteiger partial charge is 0.374 e. The van der Waals surface area contributed by atoms with Crippen LogP contribution in [0.25, 0.3) is 0 Å². The Hall–Kier alpha value is -2.14. The maximum atomic E-state index is 12.7. The Labute approximate surface area is 162 Å². The lowest BCUT2D eigenvalue weighted by Crippen LogP contribution is -2.33. The van der Waals surface area contributed by atoms with Gasteiger partial charge in [0.2, 0.25) is 0 Å². The van der Waals surface area contributed by atoms with Gasteiger partial charge in [0, 0.05) is 19.1 Å². The van der Waals surface area contributed by atoms with Crippen LogP contribution < -0.4 is 5.32 Å². The fourth-order valence-corrected chi connectivity index (χ4v) is 3.10. The number of aromatic nitrogens is 2. The number of carbonyl (C=O) groups is 1. The van der Waals surface area contributed by atoms with E-state index in [-0.39, 0.29) is 17.6 Å². The third-order valence-corrected chi connectivity index (χ3v) is 4.84. The molecule has 1 aromatic heterocycles. The van der Waals surface area contributed by atoms with Crippen molar-refractivity contribution in [2.45, 2.75) is 64.5 Å². The Morgan fingerprint density at radius 2 is 2.00 bits per heavy atom. The van der Waals surface area contributed by atoms with Crippen LogP contribution in [0.1, 0.15) is 80.7 Å². The van der Waals surface area contributed by atoms with Gasteiger partial charge in [0.1, 0.15) is 5.69 Å². The number of benzene rings is 1. The van der Waals surface area contributed by atoms with Crippen LogP contribution in [0.15, 0.2) is 36.4 Å². The number of nitrogens with one attached hydrogen (secondary N) is 1. The molecular formula is C22H31N3O2. The number of ether oxygens (including phenoxy) is 1. The van der Waals surface area contributed by atoms with Crippen LogP contribution in [0.4, 0.5) is 0 Å². The van der Waals surface area contributed by atoms with Gasteiger partial charge in [0.25, 0.3) is 5.91 Å². The lowest BCUT2D eigenvalue weighted by atomic mass is 10.1. The van der Waals surface area contributed by atoms with Crippen LogP contribution in [0.2, 0.25) is 0 Å². The van der Waals surface area contributed by atoms with E-state index in [0.29, 0.717) is 24.8 Å². The standard InChI is InChI=1S/C22H31N3O2/c1-16(17-9-6-5-7-10-17)27-14-8-13-23-21(26)20-15-19(18-11-12-18)24-25(20)22(2,3)4/h5-7,9-10,15-16,18H,8,11-14H2,1-4H3,(H,23,26). The minimum Gasteiger partial charge on any atom is -0.374 e. The van der Waals surface area contributed by atoms with E-state index in [9.17, 15) is 4.79 Å². The molecule has 27 heavy (non-hydrogen) atoms. The first-order chi connectivity index (χ1) is 12.9. The molecule has 5 heteroatoms. The number of nitrogens with zero attached hydrogens (tertiary/aromatic N) is 2. The van der Waals surface area contributed by atoms with E-state index in [4.69, 9.17) is 9.84 Å². The van der Waals surface area contributed by atoms with E-state index in [1.165, 1.54) is 18.4 Å². The SMILES string of the molecule is CC(OCCCNC(=O)c1cc(C2CC2)nn1C(C)(C)C)c1ccccc1. The van der Waals surface area contributed by atoms with Crippen LogP contribution in [0.3, 0.4) is 0 Å². The van der Waals surface area contributed by atoms with Crippen LogP contribution in [-0.2, 0) is 10.3 Å². The predicted octanol–water partition coefficient (Wildman–Crippen LogP) is 4.41. The van der Waals surface area contributed by atoms with Crippen molar-refractivity contribution in [1.82, 2.24) is 15.1 Å². The van der Waals surface area contributed by atoms with Crippen molar-refractivity contribution in [2.24, 2.45) is 0 Å². The van der Waals surface area contributed by atoms with Crippen molar-refractivity contribution in [2.75, 3.05) is 13.2 Å².